The number of ether oxygens (including phenoxy) is 1. The number of benzene rings is 1. The highest BCUT2D eigenvalue weighted by Gasteiger charge is 2.40. The molecule has 2 nitrogen and oxygen atoms in total. The van der Waals surface area contributed by atoms with Crippen LogP contribution in [-0.2, 0) is 10.2 Å². The highest BCUT2D eigenvalue weighted by atomic mass is 16.5. The van der Waals surface area contributed by atoms with Gasteiger partial charge in [0.2, 0.25) is 0 Å². The van der Waals surface area contributed by atoms with Gasteiger partial charge in [-0.3, -0.25) is 0 Å². The average Bonchev–Trinajstić information content (AvgIpc) is 2.26. The Morgan fingerprint density at radius 2 is 2.06 bits per heavy atom. The normalized spacial score (nSPS) is 17.8. The molecule has 1 aliphatic heterocycles. The second-order valence-corrected chi connectivity index (χ2v) is 5.30. The summed E-state index contributed by atoms with van der Waals surface area (Å²) in [5, 5.41) is 3.23. The third-order valence-corrected chi connectivity index (χ3v) is 3.80. The maximum atomic E-state index is 5.50. The predicted molar refractivity (Wildman–Crippen MR) is 71.6 cm³/mol. The molecule has 1 aromatic rings. The van der Waals surface area contributed by atoms with Gasteiger partial charge in [0.05, 0.1) is 13.2 Å². The fraction of sp³-hybridized carbons (Fsp3) is 0.600. The van der Waals surface area contributed by atoms with Gasteiger partial charge in [-0.05, 0) is 51.4 Å². The van der Waals surface area contributed by atoms with Crippen molar-refractivity contribution in [3.05, 3.63) is 34.9 Å². The summed E-state index contributed by atoms with van der Waals surface area (Å²) in [6.07, 6.45) is 2.44. The Bertz CT molecular complexity index is 383. The van der Waals surface area contributed by atoms with Crippen molar-refractivity contribution >= 4 is 0 Å². The Labute approximate surface area is 104 Å². The Morgan fingerprint density at radius 3 is 2.65 bits per heavy atom. The highest BCUT2D eigenvalue weighted by molar-refractivity contribution is 5.38. The number of rotatable bonds is 5. The van der Waals surface area contributed by atoms with Gasteiger partial charge in [-0.1, -0.05) is 23.8 Å². The van der Waals surface area contributed by atoms with Crippen LogP contribution in [-0.4, -0.2) is 26.8 Å². The lowest BCUT2D eigenvalue weighted by Gasteiger charge is -2.43. The molecular formula is C15H23NO. The first kappa shape index (κ1) is 12.6. The third kappa shape index (κ3) is 2.53. The number of hydrogen-bond acceptors (Lipinski definition) is 2. The third-order valence-electron chi connectivity index (χ3n) is 3.80. The Morgan fingerprint density at radius 1 is 1.29 bits per heavy atom. The van der Waals surface area contributed by atoms with E-state index in [1.807, 2.05) is 7.05 Å². The summed E-state index contributed by atoms with van der Waals surface area (Å²) in [5.41, 5.74) is 4.54. The van der Waals surface area contributed by atoms with E-state index in [0.717, 1.165) is 19.8 Å². The van der Waals surface area contributed by atoms with E-state index in [2.05, 4.69) is 37.4 Å². The minimum Gasteiger partial charge on any atom is -0.379 e. The van der Waals surface area contributed by atoms with E-state index in [1.165, 1.54) is 29.5 Å². The van der Waals surface area contributed by atoms with E-state index in [9.17, 15) is 0 Å². The van der Waals surface area contributed by atoms with Crippen LogP contribution >= 0.6 is 0 Å². The van der Waals surface area contributed by atoms with Crippen molar-refractivity contribution in [2.45, 2.75) is 32.1 Å². The van der Waals surface area contributed by atoms with Crippen LogP contribution in [0.5, 0.6) is 0 Å². The van der Waals surface area contributed by atoms with Crippen molar-refractivity contribution in [3.8, 4) is 0 Å². The predicted octanol–water partition coefficient (Wildman–Crippen LogP) is 2.57. The standard InChI is InChI=1S/C15H23NO/c1-12-5-6-13(2)14(9-12)15(10-17-11-15)7-4-8-16-3/h5-6,9,16H,4,7-8,10-11H2,1-3H3. The van der Waals surface area contributed by atoms with Crippen LogP contribution in [0, 0.1) is 13.8 Å². The summed E-state index contributed by atoms with van der Waals surface area (Å²) in [6, 6.07) is 6.78. The molecule has 1 heterocycles. The summed E-state index contributed by atoms with van der Waals surface area (Å²) in [4.78, 5) is 0. The second kappa shape index (κ2) is 5.19. The van der Waals surface area contributed by atoms with Gasteiger partial charge in [0, 0.05) is 5.41 Å². The lowest BCUT2D eigenvalue weighted by atomic mass is 9.73. The first-order chi connectivity index (χ1) is 8.18. The lowest BCUT2D eigenvalue weighted by molar-refractivity contribution is -0.0653. The Balaban J connectivity index is 2.18. The van der Waals surface area contributed by atoms with E-state index in [-0.39, 0.29) is 5.41 Å². The molecule has 0 saturated carbocycles. The van der Waals surface area contributed by atoms with Crippen molar-refractivity contribution < 1.29 is 4.74 Å². The Hall–Kier alpha value is -0.860. The quantitative estimate of drug-likeness (QED) is 0.789. The molecule has 0 radical (unpaired) electrons. The monoisotopic (exact) mass is 233 g/mol. The van der Waals surface area contributed by atoms with Crippen molar-refractivity contribution in [3.63, 3.8) is 0 Å². The summed E-state index contributed by atoms with van der Waals surface area (Å²) in [7, 11) is 2.02. The van der Waals surface area contributed by atoms with Crippen LogP contribution in [0.4, 0.5) is 0 Å². The fourth-order valence-electron chi connectivity index (χ4n) is 2.69. The zero-order valence-electron chi connectivity index (χ0n) is 11.2. The molecule has 0 unspecified atom stereocenters. The maximum absolute atomic E-state index is 5.50. The minimum absolute atomic E-state index is 0.285. The SMILES string of the molecule is CNCCCC1(c2cc(C)ccc2C)COC1. The van der Waals surface area contributed by atoms with Crippen LogP contribution < -0.4 is 5.32 Å². The van der Waals surface area contributed by atoms with Crippen molar-refractivity contribution in [2.24, 2.45) is 0 Å². The molecule has 17 heavy (non-hydrogen) atoms. The molecule has 0 aromatic heterocycles. The van der Waals surface area contributed by atoms with Gasteiger partial charge in [-0.25, -0.2) is 0 Å². The van der Waals surface area contributed by atoms with Crippen molar-refractivity contribution in [1.82, 2.24) is 5.32 Å². The largest absolute Gasteiger partial charge is 0.379 e. The maximum Gasteiger partial charge on any atom is 0.0585 e. The molecule has 2 rings (SSSR count). The summed E-state index contributed by atoms with van der Waals surface area (Å²) in [6.45, 7) is 7.26. The van der Waals surface area contributed by atoms with Gasteiger partial charge in [-0.15, -0.1) is 0 Å². The van der Waals surface area contributed by atoms with Crippen LogP contribution in [0.3, 0.4) is 0 Å². The van der Waals surface area contributed by atoms with Crippen LogP contribution in [0.15, 0.2) is 18.2 Å². The highest BCUT2D eigenvalue weighted by Crippen LogP contribution is 2.38. The summed E-state index contributed by atoms with van der Waals surface area (Å²) >= 11 is 0. The molecular weight excluding hydrogens is 210 g/mol. The van der Waals surface area contributed by atoms with Gasteiger partial charge in [0.25, 0.3) is 0 Å². The van der Waals surface area contributed by atoms with Gasteiger partial charge < -0.3 is 10.1 Å². The molecule has 0 spiro atoms. The molecule has 94 valence electrons. The van der Waals surface area contributed by atoms with Gasteiger partial charge >= 0.3 is 0 Å². The molecule has 1 N–H and O–H groups in total. The smallest absolute Gasteiger partial charge is 0.0585 e. The number of aryl methyl sites for hydroxylation is 2. The van der Waals surface area contributed by atoms with E-state index in [1.54, 1.807) is 0 Å². The molecule has 1 fully saturated rings. The molecule has 0 aliphatic carbocycles. The first-order valence-corrected chi connectivity index (χ1v) is 6.48. The zero-order chi connectivity index (χ0) is 12.3. The topological polar surface area (TPSA) is 21.3 Å². The molecule has 0 atom stereocenters. The lowest BCUT2D eigenvalue weighted by Crippen LogP contribution is -2.47. The second-order valence-electron chi connectivity index (χ2n) is 5.30. The minimum atomic E-state index is 0.285. The molecule has 0 amide bonds. The van der Waals surface area contributed by atoms with Gasteiger partial charge in [-0.2, -0.15) is 0 Å². The summed E-state index contributed by atoms with van der Waals surface area (Å²) < 4.78 is 5.50. The summed E-state index contributed by atoms with van der Waals surface area (Å²) in [5.74, 6) is 0. The van der Waals surface area contributed by atoms with Crippen LogP contribution in [0.2, 0.25) is 0 Å². The van der Waals surface area contributed by atoms with E-state index in [4.69, 9.17) is 4.74 Å². The molecule has 0 bridgehead atoms. The van der Waals surface area contributed by atoms with Crippen LogP contribution in [0.1, 0.15) is 29.5 Å². The molecule has 1 saturated heterocycles. The molecule has 2 heteroatoms. The molecule has 1 aromatic carbocycles. The van der Waals surface area contributed by atoms with E-state index < -0.39 is 0 Å². The zero-order valence-corrected chi connectivity index (χ0v) is 11.2. The average molecular weight is 233 g/mol. The first-order valence-electron chi connectivity index (χ1n) is 6.48. The fourth-order valence-corrected chi connectivity index (χ4v) is 2.69. The number of nitrogens with one attached hydrogen (secondary N) is 1. The van der Waals surface area contributed by atoms with E-state index >= 15 is 0 Å². The van der Waals surface area contributed by atoms with Crippen molar-refractivity contribution in [2.75, 3.05) is 26.8 Å². The Kier molecular flexibility index (Phi) is 3.85. The van der Waals surface area contributed by atoms with Crippen LogP contribution in [0.25, 0.3) is 0 Å². The van der Waals surface area contributed by atoms with E-state index in [0.29, 0.717) is 0 Å². The van der Waals surface area contributed by atoms with Gasteiger partial charge in [0.15, 0.2) is 0 Å². The van der Waals surface area contributed by atoms with Gasteiger partial charge in [0.1, 0.15) is 0 Å². The van der Waals surface area contributed by atoms with Crippen molar-refractivity contribution in [1.29, 1.82) is 0 Å². The number of hydrogen-bond donors (Lipinski definition) is 1. The molecule has 1 aliphatic rings.